The minimum atomic E-state index is -0.111. The first-order chi connectivity index (χ1) is 12.0. The van der Waals surface area contributed by atoms with Crippen LogP contribution in [0.5, 0.6) is 0 Å². The van der Waals surface area contributed by atoms with Gasteiger partial charge in [0.1, 0.15) is 0 Å². The van der Waals surface area contributed by atoms with Crippen LogP contribution in [0.25, 0.3) is 0 Å². The molecule has 1 rings (SSSR count). The minimum Gasteiger partial charge on any atom is -0.198 e. The summed E-state index contributed by atoms with van der Waals surface area (Å²) in [5, 5.41) is 8.34. The molecule has 0 N–H and O–H groups in total. The van der Waals surface area contributed by atoms with E-state index in [1.807, 2.05) is 62.3 Å². The van der Waals surface area contributed by atoms with Crippen molar-refractivity contribution in [2.75, 3.05) is 0 Å². The van der Waals surface area contributed by atoms with Gasteiger partial charge in [0.2, 0.25) is 0 Å². The Labute approximate surface area is 167 Å². The van der Waals surface area contributed by atoms with Gasteiger partial charge in [-0.3, -0.25) is 0 Å². The van der Waals surface area contributed by atoms with Crippen molar-refractivity contribution in [3.8, 4) is 6.07 Å². The fourth-order valence-corrected chi connectivity index (χ4v) is 1.37. The van der Waals surface area contributed by atoms with Gasteiger partial charge >= 0.3 is 0 Å². The molecule has 0 aromatic heterocycles. The molecule has 0 radical (unpaired) electrons. The van der Waals surface area contributed by atoms with Crippen LogP contribution in [-0.4, -0.2) is 0 Å². The summed E-state index contributed by atoms with van der Waals surface area (Å²) < 4.78 is 0. The van der Waals surface area contributed by atoms with E-state index < -0.39 is 0 Å². The highest BCUT2D eigenvalue weighted by Gasteiger charge is 2.33. The van der Waals surface area contributed by atoms with Gasteiger partial charge in [-0.05, 0) is 36.7 Å². The van der Waals surface area contributed by atoms with Crippen molar-refractivity contribution in [1.82, 2.24) is 0 Å². The van der Waals surface area contributed by atoms with E-state index >= 15 is 0 Å². The molecule has 0 fully saturated rings. The molecule has 154 valence electrons. The molecule has 26 heavy (non-hydrogen) atoms. The molecule has 0 saturated carbocycles. The van der Waals surface area contributed by atoms with Crippen molar-refractivity contribution in [2.24, 2.45) is 10.8 Å². The van der Waals surface area contributed by atoms with Crippen molar-refractivity contribution in [3.63, 3.8) is 0 Å². The van der Waals surface area contributed by atoms with Crippen LogP contribution in [0.3, 0.4) is 0 Å². The Morgan fingerprint density at radius 2 is 1.08 bits per heavy atom. The SMILES string of the molecule is CC.CC.CC.CC(C)(C)C(C)(C)c1ccccc1.CCC(C)(C)C#N. The van der Waals surface area contributed by atoms with Crippen LogP contribution >= 0.6 is 0 Å². The third-order valence-electron chi connectivity index (χ3n) is 4.56. The molecule has 0 aliphatic rings. The predicted molar refractivity (Wildman–Crippen MR) is 123 cm³/mol. The minimum absolute atomic E-state index is 0.111. The zero-order valence-electron chi connectivity index (χ0n) is 20.5. The summed E-state index contributed by atoms with van der Waals surface area (Å²) in [6.45, 7) is 29.4. The normalized spacial score (nSPS) is 10.0. The van der Waals surface area contributed by atoms with Crippen LogP contribution in [0.15, 0.2) is 30.3 Å². The molecular formula is C25H49N. The standard InChI is InChI=1S/C13H20.C6H11N.3C2H6/c1-12(2,3)13(4,5)11-9-7-6-8-10-11;1-4-6(2,3)5-7;3*1-2/h6-10H,1-5H3;4H2,1-3H3;3*1-2H3. The zero-order valence-corrected chi connectivity index (χ0v) is 20.5. The van der Waals surface area contributed by atoms with Crippen molar-refractivity contribution >= 4 is 0 Å². The van der Waals surface area contributed by atoms with Crippen molar-refractivity contribution < 1.29 is 0 Å². The summed E-state index contributed by atoms with van der Waals surface area (Å²) in [5.41, 5.74) is 1.84. The fourth-order valence-electron chi connectivity index (χ4n) is 1.37. The van der Waals surface area contributed by atoms with Crippen LogP contribution in [0.2, 0.25) is 0 Å². The highest BCUT2D eigenvalue weighted by Crippen LogP contribution is 2.40. The van der Waals surface area contributed by atoms with Gasteiger partial charge < -0.3 is 0 Å². The summed E-state index contributed by atoms with van der Waals surface area (Å²) in [5.74, 6) is 0. The van der Waals surface area contributed by atoms with E-state index in [-0.39, 0.29) is 10.8 Å². The number of nitriles is 1. The molecular weight excluding hydrogens is 314 g/mol. The van der Waals surface area contributed by atoms with E-state index in [9.17, 15) is 0 Å². The number of rotatable bonds is 2. The molecule has 0 aliphatic heterocycles. The molecule has 0 amide bonds. The van der Waals surface area contributed by atoms with E-state index in [0.29, 0.717) is 5.41 Å². The number of hydrogen-bond donors (Lipinski definition) is 0. The van der Waals surface area contributed by atoms with Gasteiger partial charge in [-0.25, -0.2) is 0 Å². The van der Waals surface area contributed by atoms with Gasteiger partial charge in [-0.1, -0.05) is 113 Å². The van der Waals surface area contributed by atoms with Gasteiger partial charge in [-0.2, -0.15) is 5.26 Å². The average Bonchev–Trinajstić information content (AvgIpc) is 2.67. The van der Waals surface area contributed by atoms with Crippen LogP contribution < -0.4 is 0 Å². The maximum absolute atomic E-state index is 8.34. The van der Waals surface area contributed by atoms with E-state index in [2.05, 4.69) is 71.0 Å². The second kappa shape index (κ2) is 17.1. The maximum Gasteiger partial charge on any atom is 0.0683 e. The van der Waals surface area contributed by atoms with Crippen LogP contribution in [0, 0.1) is 22.2 Å². The van der Waals surface area contributed by atoms with Crippen LogP contribution in [0.1, 0.15) is 109 Å². The lowest BCUT2D eigenvalue weighted by Crippen LogP contribution is -2.33. The van der Waals surface area contributed by atoms with Gasteiger partial charge in [0, 0.05) is 0 Å². The van der Waals surface area contributed by atoms with E-state index in [1.54, 1.807) is 0 Å². The Morgan fingerprint density at radius 3 is 1.27 bits per heavy atom. The molecule has 0 atom stereocenters. The third kappa shape index (κ3) is 13.9. The van der Waals surface area contributed by atoms with Gasteiger partial charge in [0.05, 0.1) is 11.5 Å². The van der Waals surface area contributed by atoms with E-state index in [4.69, 9.17) is 5.26 Å². The largest absolute Gasteiger partial charge is 0.198 e. The molecule has 0 spiro atoms. The first kappa shape index (κ1) is 32.4. The lowest BCUT2D eigenvalue weighted by molar-refractivity contribution is 0.225. The maximum atomic E-state index is 8.34. The highest BCUT2D eigenvalue weighted by atomic mass is 14.4. The first-order valence-electron chi connectivity index (χ1n) is 10.4. The Morgan fingerprint density at radius 1 is 0.731 bits per heavy atom. The second-order valence-electron chi connectivity index (χ2n) is 7.59. The summed E-state index contributed by atoms with van der Waals surface area (Å²) >= 11 is 0. The summed E-state index contributed by atoms with van der Waals surface area (Å²) in [6.07, 6.45) is 0.934. The Hall–Kier alpha value is -1.29. The van der Waals surface area contributed by atoms with Crippen LogP contribution in [0.4, 0.5) is 0 Å². The van der Waals surface area contributed by atoms with Crippen LogP contribution in [-0.2, 0) is 5.41 Å². The van der Waals surface area contributed by atoms with E-state index in [1.165, 1.54) is 5.56 Å². The lowest BCUT2D eigenvalue weighted by Gasteiger charge is -2.39. The van der Waals surface area contributed by atoms with Gasteiger partial charge in [0.25, 0.3) is 0 Å². The number of hydrogen-bond acceptors (Lipinski definition) is 1. The molecule has 1 aromatic rings. The molecule has 1 heteroatoms. The number of benzene rings is 1. The average molecular weight is 364 g/mol. The molecule has 0 heterocycles. The molecule has 0 unspecified atom stereocenters. The second-order valence-corrected chi connectivity index (χ2v) is 7.59. The summed E-state index contributed by atoms with van der Waals surface area (Å²) in [7, 11) is 0. The predicted octanol–water partition coefficient (Wildman–Crippen LogP) is 9.04. The highest BCUT2D eigenvalue weighted by molar-refractivity contribution is 5.25. The Bertz CT molecular complexity index is 427. The fraction of sp³-hybridized carbons (Fsp3) is 0.720. The van der Waals surface area contributed by atoms with Crippen molar-refractivity contribution in [3.05, 3.63) is 35.9 Å². The zero-order chi connectivity index (χ0) is 22.0. The molecule has 0 bridgehead atoms. The quantitative estimate of drug-likeness (QED) is 0.514. The summed E-state index contributed by atoms with van der Waals surface area (Å²) in [6, 6.07) is 12.9. The van der Waals surface area contributed by atoms with Crippen molar-refractivity contribution in [2.45, 2.75) is 109 Å². The lowest BCUT2D eigenvalue weighted by atomic mass is 9.65. The topological polar surface area (TPSA) is 23.8 Å². The molecule has 0 saturated heterocycles. The monoisotopic (exact) mass is 363 g/mol. The molecule has 1 nitrogen and oxygen atoms in total. The molecule has 0 aliphatic carbocycles. The van der Waals surface area contributed by atoms with Gasteiger partial charge in [0.15, 0.2) is 0 Å². The van der Waals surface area contributed by atoms with Crippen molar-refractivity contribution in [1.29, 1.82) is 5.26 Å². The number of nitrogens with zero attached hydrogens (tertiary/aromatic N) is 1. The summed E-state index contributed by atoms with van der Waals surface area (Å²) in [4.78, 5) is 0. The Kier molecular flexibility index (Phi) is 21.4. The third-order valence-corrected chi connectivity index (χ3v) is 4.56. The van der Waals surface area contributed by atoms with Gasteiger partial charge in [-0.15, -0.1) is 0 Å². The smallest absolute Gasteiger partial charge is 0.0683 e. The Balaban J connectivity index is -0.000000158. The molecule has 1 aromatic carbocycles. The first-order valence-corrected chi connectivity index (χ1v) is 10.4. The van der Waals surface area contributed by atoms with E-state index in [0.717, 1.165) is 6.42 Å².